The molecule has 0 aliphatic carbocycles. The number of benzene rings is 2. The number of allylic oxidation sites excluding steroid dienone is 1. The van der Waals surface area contributed by atoms with Gasteiger partial charge in [-0.15, -0.1) is 0 Å². The Balaban J connectivity index is 1.62. The normalized spacial score (nSPS) is 17.0. The van der Waals surface area contributed by atoms with Gasteiger partial charge in [-0.1, -0.05) is 23.2 Å². The molecule has 1 aromatic heterocycles. The molecule has 0 unspecified atom stereocenters. The summed E-state index contributed by atoms with van der Waals surface area (Å²) in [4.78, 5) is 17.5. The van der Waals surface area contributed by atoms with Crippen molar-refractivity contribution in [3.05, 3.63) is 62.1 Å². The average molecular weight is 415 g/mol. The van der Waals surface area contributed by atoms with E-state index in [0.717, 1.165) is 24.0 Å². The molecule has 0 amide bonds. The minimum absolute atomic E-state index is 0.0670. The summed E-state index contributed by atoms with van der Waals surface area (Å²) < 4.78 is 13.2. The van der Waals surface area contributed by atoms with E-state index in [1.807, 2.05) is 18.2 Å². The lowest BCUT2D eigenvalue weighted by Gasteiger charge is -2.10. The number of hydrogen-bond acceptors (Lipinski definition) is 4. The van der Waals surface area contributed by atoms with Crippen molar-refractivity contribution >= 4 is 45.8 Å². The van der Waals surface area contributed by atoms with Crippen LogP contribution in [-0.4, -0.2) is 22.8 Å². The Hall–Kier alpha value is -2.50. The van der Waals surface area contributed by atoms with Crippen LogP contribution in [0.3, 0.4) is 0 Å². The number of fused-ring (bicyclic) bond motifs is 3. The van der Waals surface area contributed by atoms with Crippen LogP contribution in [0.5, 0.6) is 11.5 Å². The molecule has 0 fully saturated rings. The summed E-state index contributed by atoms with van der Waals surface area (Å²) in [5.41, 5.74) is 2.45. The Kier molecular flexibility index (Phi) is 4.29. The molecule has 3 aromatic rings. The van der Waals surface area contributed by atoms with Crippen LogP contribution in [0.1, 0.15) is 24.2 Å². The van der Waals surface area contributed by atoms with E-state index < -0.39 is 0 Å². The maximum absolute atomic E-state index is 12.8. The smallest absolute Gasteiger partial charge is 0.261 e. The maximum Gasteiger partial charge on any atom is 0.261 e. The van der Waals surface area contributed by atoms with E-state index in [1.165, 1.54) is 0 Å². The highest BCUT2D eigenvalue weighted by Crippen LogP contribution is 2.39. The van der Waals surface area contributed by atoms with Crippen LogP contribution in [-0.2, 0) is 6.54 Å². The summed E-state index contributed by atoms with van der Waals surface area (Å²) in [6.45, 7) is 1.77. The molecule has 142 valence electrons. The third kappa shape index (κ3) is 2.95. The molecule has 0 atom stereocenters. The monoisotopic (exact) mass is 414 g/mol. The Bertz CT molecular complexity index is 1200. The van der Waals surface area contributed by atoms with Gasteiger partial charge in [0.2, 0.25) is 0 Å². The predicted octanol–water partition coefficient (Wildman–Crippen LogP) is 4.81. The Morgan fingerprint density at radius 1 is 1.11 bits per heavy atom. The number of rotatable bonds is 1. The van der Waals surface area contributed by atoms with Crippen LogP contribution in [0.4, 0.5) is 0 Å². The lowest BCUT2D eigenvalue weighted by molar-refractivity contribution is 0.297. The van der Waals surface area contributed by atoms with E-state index >= 15 is 0 Å². The highest BCUT2D eigenvalue weighted by molar-refractivity contribution is 6.32. The zero-order valence-corrected chi connectivity index (χ0v) is 16.4. The van der Waals surface area contributed by atoms with Crippen LogP contribution >= 0.6 is 23.2 Å². The summed E-state index contributed by atoms with van der Waals surface area (Å²) in [6.07, 6.45) is 3.55. The average Bonchev–Trinajstić information content (AvgIpc) is 2.91. The van der Waals surface area contributed by atoms with Gasteiger partial charge >= 0.3 is 0 Å². The first kappa shape index (κ1) is 17.6. The summed E-state index contributed by atoms with van der Waals surface area (Å²) in [5.74, 6) is 1.92. The van der Waals surface area contributed by atoms with Gasteiger partial charge < -0.3 is 9.47 Å². The van der Waals surface area contributed by atoms with Crippen LogP contribution < -0.4 is 15.0 Å². The zero-order chi connectivity index (χ0) is 19.3. The van der Waals surface area contributed by atoms with Gasteiger partial charge in [0.25, 0.3) is 5.56 Å². The fourth-order valence-corrected chi connectivity index (χ4v) is 4.11. The van der Waals surface area contributed by atoms with Crippen LogP contribution in [0.25, 0.3) is 22.6 Å². The molecule has 0 radical (unpaired) electrons. The van der Waals surface area contributed by atoms with Crippen molar-refractivity contribution in [1.82, 2.24) is 9.55 Å². The molecule has 7 heteroatoms. The molecule has 2 aliphatic heterocycles. The van der Waals surface area contributed by atoms with E-state index in [1.54, 1.807) is 22.8 Å². The lowest BCUT2D eigenvalue weighted by atomic mass is 10.1. The SMILES string of the molecule is O=c1c2cc(Cl)ccc2nc2n1CCC2=Cc1cc(Cl)c2c(c1)OCCCO2. The second-order valence-electron chi connectivity index (χ2n) is 6.85. The molecular weight excluding hydrogens is 399 g/mol. The molecule has 0 saturated heterocycles. The zero-order valence-electron chi connectivity index (χ0n) is 14.9. The third-order valence-electron chi connectivity index (χ3n) is 4.97. The molecule has 2 aromatic carbocycles. The fraction of sp³-hybridized carbons (Fsp3) is 0.238. The molecule has 5 rings (SSSR count). The quantitative estimate of drug-likeness (QED) is 0.573. The van der Waals surface area contributed by atoms with Crippen molar-refractivity contribution in [2.24, 2.45) is 0 Å². The molecule has 28 heavy (non-hydrogen) atoms. The fourth-order valence-electron chi connectivity index (χ4n) is 3.66. The molecule has 3 heterocycles. The van der Waals surface area contributed by atoms with Crippen molar-refractivity contribution in [1.29, 1.82) is 0 Å². The van der Waals surface area contributed by atoms with Gasteiger partial charge in [-0.3, -0.25) is 9.36 Å². The van der Waals surface area contributed by atoms with Crippen molar-refractivity contribution in [3.8, 4) is 11.5 Å². The van der Waals surface area contributed by atoms with Crippen LogP contribution in [0.15, 0.2) is 35.1 Å². The molecule has 5 nitrogen and oxygen atoms in total. The summed E-state index contributed by atoms with van der Waals surface area (Å²) in [6, 6.07) is 8.96. The number of nitrogens with zero attached hydrogens (tertiary/aromatic N) is 2. The van der Waals surface area contributed by atoms with Crippen LogP contribution in [0, 0.1) is 0 Å². The van der Waals surface area contributed by atoms with Gasteiger partial charge in [0.05, 0.1) is 29.1 Å². The molecule has 0 saturated carbocycles. The Labute approximate surface area is 171 Å². The van der Waals surface area contributed by atoms with E-state index in [2.05, 4.69) is 0 Å². The van der Waals surface area contributed by atoms with E-state index in [0.29, 0.717) is 58.0 Å². The second-order valence-corrected chi connectivity index (χ2v) is 7.70. The topological polar surface area (TPSA) is 53.4 Å². The summed E-state index contributed by atoms with van der Waals surface area (Å²) in [7, 11) is 0. The molecule has 0 spiro atoms. The standard InChI is InChI=1S/C21H16Cl2N2O3/c22-14-2-3-17-15(11-14)21(26)25-5-4-13(20(25)24-17)8-12-9-16(23)19-18(10-12)27-6-1-7-28-19/h2-3,8-11H,1,4-7H2. The first-order valence-electron chi connectivity index (χ1n) is 9.10. The van der Waals surface area contributed by atoms with Gasteiger partial charge in [0, 0.05) is 18.0 Å². The maximum atomic E-state index is 12.8. The Morgan fingerprint density at radius 3 is 2.86 bits per heavy atom. The number of ether oxygens (including phenoxy) is 2. The predicted molar refractivity (Wildman–Crippen MR) is 111 cm³/mol. The lowest BCUT2D eigenvalue weighted by Crippen LogP contribution is -2.20. The van der Waals surface area contributed by atoms with Crippen molar-refractivity contribution in [3.63, 3.8) is 0 Å². The van der Waals surface area contributed by atoms with E-state index in [9.17, 15) is 4.79 Å². The van der Waals surface area contributed by atoms with E-state index in [-0.39, 0.29) is 5.56 Å². The molecule has 2 aliphatic rings. The molecular formula is C21H16Cl2N2O3. The second kappa shape index (κ2) is 6.83. The highest BCUT2D eigenvalue weighted by atomic mass is 35.5. The van der Waals surface area contributed by atoms with Gasteiger partial charge in [-0.2, -0.15) is 0 Å². The van der Waals surface area contributed by atoms with E-state index in [4.69, 9.17) is 37.7 Å². The minimum atomic E-state index is -0.0670. The first-order valence-corrected chi connectivity index (χ1v) is 9.86. The van der Waals surface area contributed by atoms with Gasteiger partial charge in [0.1, 0.15) is 5.82 Å². The number of halogens is 2. The Morgan fingerprint density at radius 2 is 1.96 bits per heavy atom. The minimum Gasteiger partial charge on any atom is -0.489 e. The van der Waals surface area contributed by atoms with Crippen molar-refractivity contribution < 1.29 is 9.47 Å². The summed E-state index contributed by atoms with van der Waals surface area (Å²) >= 11 is 12.4. The van der Waals surface area contributed by atoms with Crippen molar-refractivity contribution in [2.45, 2.75) is 19.4 Å². The van der Waals surface area contributed by atoms with Gasteiger partial charge in [0.15, 0.2) is 11.5 Å². The molecule has 0 bridgehead atoms. The van der Waals surface area contributed by atoms with Crippen LogP contribution in [0.2, 0.25) is 10.0 Å². The number of hydrogen-bond donors (Lipinski definition) is 0. The van der Waals surface area contributed by atoms with Gasteiger partial charge in [-0.05, 0) is 54.0 Å². The molecule has 0 N–H and O–H groups in total. The first-order chi connectivity index (χ1) is 13.6. The third-order valence-corrected chi connectivity index (χ3v) is 5.49. The summed E-state index contributed by atoms with van der Waals surface area (Å²) in [5, 5.41) is 1.58. The highest BCUT2D eigenvalue weighted by Gasteiger charge is 2.22. The van der Waals surface area contributed by atoms with Gasteiger partial charge in [-0.25, -0.2) is 4.98 Å². The van der Waals surface area contributed by atoms with Crippen molar-refractivity contribution in [2.75, 3.05) is 13.2 Å². The number of aromatic nitrogens is 2. The largest absolute Gasteiger partial charge is 0.489 e.